The van der Waals surface area contributed by atoms with E-state index in [1.807, 2.05) is 6.07 Å². The van der Waals surface area contributed by atoms with Gasteiger partial charge in [0.05, 0.1) is 0 Å². The summed E-state index contributed by atoms with van der Waals surface area (Å²) < 4.78 is 5.15. The minimum atomic E-state index is 1.05. The summed E-state index contributed by atoms with van der Waals surface area (Å²) >= 11 is 0. The van der Waals surface area contributed by atoms with Crippen molar-refractivity contribution in [1.82, 2.24) is 0 Å². The zero-order chi connectivity index (χ0) is 6.43. The van der Waals surface area contributed by atoms with Crippen molar-refractivity contribution in [2.24, 2.45) is 0 Å². The molecule has 0 unspecified atom stereocenters. The molecule has 0 spiro atoms. The maximum atomic E-state index is 5.15. The first-order chi connectivity index (χ1) is 4.29. The van der Waals surface area contributed by atoms with Crippen LogP contribution in [0.1, 0.15) is 11.1 Å². The summed E-state index contributed by atoms with van der Waals surface area (Å²) in [5.41, 5.74) is 2.60. The third kappa shape index (κ3) is 0.545. The van der Waals surface area contributed by atoms with Crippen LogP contribution in [0.5, 0.6) is 11.5 Å². The predicted octanol–water partition coefficient (Wildman–Crippen LogP) is 2.41. The highest BCUT2D eigenvalue weighted by molar-refractivity contribution is 5.60. The lowest BCUT2D eigenvalue weighted by atomic mass is 10.1. The fourth-order valence-electron chi connectivity index (χ4n) is 0.960. The molecule has 0 amide bonds. The Morgan fingerprint density at radius 1 is 1.22 bits per heavy atom. The molecule has 0 aromatic heterocycles. The Bertz CT molecular complexity index is 260. The minimum absolute atomic E-state index is 1.05. The van der Waals surface area contributed by atoms with Crippen LogP contribution < -0.4 is 4.74 Å². The molecule has 0 bridgehead atoms. The van der Waals surface area contributed by atoms with E-state index in [9.17, 15) is 0 Å². The average molecular weight is 120 g/mol. The van der Waals surface area contributed by atoms with Crippen LogP contribution in [-0.4, -0.2) is 0 Å². The molecule has 1 aromatic rings. The van der Waals surface area contributed by atoms with Crippen LogP contribution in [0.3, 0.4) is 0 Å². The number of hydrogen-bond donors (Lipinski definition) is 0. The Morgan fingerprint density at radius 3 is 2.67 bits per heavy atom. The summed E-state index contributed by atoms with van der Waals surface area (Å²) in [6.07, 6.45) is 0. The van der Waals surface area contributed by atoms with Gasteiger partial charge in [0.2, 0.25) is 0 Å². The smallest absolute Gasteiger partial charge is 0.173 e. The van der Waals surface area contributed by atoms with Gasteiger partial charge in [-0.05, 0) is 31.0 Å². The first-order valence-electron chi connectivity index (χ1n) is 3.07. The maximum absolute atomic E-state index is 5.15. The number of hydrogen-bond acceptors (Lipinski definition) is 1. The Hall–Kier alpha value is -0.980. The van der Waals surface area contributed by atoms with Crippen LogP contribution in [-0.2, 0) is 0 Å². The molecule has 46 valence electrons. The normalized spacial score (nSPS) is 12.2. The molecule has 2 rings (SSSR count). The number of fused-ring (bicyclic) bond motifs is 1. The third-order valence-corrected chi connectivity index (χ3v) is 1.81. The van der Waals surface area contributed by atoms with Gasteiger partial charge in [0.1, 0.15) is 0 Å². The number of aryl methyl sites for hydroxylation is 1. The minimum Gasteiger partial charge on any atom is -0.449 e. The molecule has 1 heterocycles. The molecule has 0 radical (unpaired) electrons. The SMILES string of the molecule is Cc1ccc2c(c1C)O2. The largest absolute Gasteiger partial charge is 0.449 e. The number of ether oxygens (including phenoxy) is 1. The van der Waals surface area contributed by atoms with Gasteiger partial charge in [0.15, 0.2) is 11.5 Å². The van der Waals surface area contributed by atoms with E-state index in [0.29, 0.717) is 0 Å². The van der Waals surface area contributed by atoms with Gasteiger partial charge < -0.3 is 4.74 Å². The summed E-state index contributed by atoms with van der Waals surface area (Å²) in [4.78, 5) is 0. The Morgan fingerprint density at radius 2 is 2.00 bits per heavy atom. The lowest BCUT2D eigenvalue weighted by Gasteiger charge is -1.89. The van der Waals surface area contributed by atoms with Crippen LogP contribution in [0.2, 0.25) is 0 Å². The first-order valence-corrected chi connectivity index (χ1v) is 3.07. The highest BCUT2D eigenvalue weighted by Crippen LogP contribution is 2.48. The van der Waals surface area contributed by atoms with Crippen molar-refractivity contribution >= 4 is 0 Å². The third-order valence-electron chi connectivity index (χ3n) is 1.81. The van der Waals surface area contributed by atoms with Crippen LogP contribution in [0.15, 0.2) is 12.1 Å². The van der Waals surface area contributed by atoms with Gasteiger partial charge in [0, 0.05) is 0 Å². The highest BCUT2D eigenvalue weighted by atomic mass is 16.6. The summed E-state index contributed by atoms with van der Waals surface area (Å²) in [6.45, 7) is 4.18. The van der Waals surface area contributed by atoms with E-state index in [2.05, 4.69) is 19.9 Å². The molecule has 0 atom stereocenters. The molecular formula is C8H8O. The van der Waals surface area contributed by atoms with E-state index in [1.165, 1.54) is 11.1 Å². The van der Waals surface area contributed by atoms with Crippen LogP contribution in [0, 0.1) is 13.8 Å². The Labute approximate surface area is 54.3 Å². The van der Waals surface area contributed by atoms with Gasteiger partial charge in [-0.1, -0.05) is 6.07 Å². The second-order valence-electron chi connectivity index (χ2n) is 2.44. The zero-order valence-corrected chi connectivity index (χ0v) is 5.56. The first kappa shape index (κ1) is 4.86. The molecule has 0 N–H and O–H groups in total. The van der Waals surface area contributed by atoms with Crippen molar-refractivity contribution in [1.29, 1.82) is 0 Å². The maximum Gasteiger partial charge on any atom is 0.173 e. The second kappa shape index (κ2) is 1.29. The van der Waals surface area contributed by atoms with Gasteiger partial charge in [-0.25, -0.2) is 0 Å². The molecule has 0 saturated heterocycles. The molecule has 1 nitrogen and oxygen atoms in total. The predicted molar refractivity (Wildman–Crippen MR) is 36.0 cm³/mol. The van der Waals surface area contributed by atoms with Gasteiger partial charge in [-0.15, -0.1) is 0 Å². The van der Waals surface area contributed by atoms with Crippen molar-refractivity contribution in [3.63, 3.8) is 0 Å². The number of benzene rings is 1. The summed E-state index contributed by atoms with van der Waals surface area (Å²) in [7, 11) is 0. The monoisotopic (exact) mass is 120 g/mol. The van der Waals surface area contributed by atoms with Gasteiger partial charge >= 0.3 is 0 Å². The standard InChI is InChI=1S/C8H8O/c1-5-3-4-7-8(9-7)6(5)2/h3-4H,1-2H3. The molecule has 1 aliphatic heterocycles. The molecule has 0 fully saturated rings. The lowest BCUT2D eigenvalue weighted by Crippen LogP contribution is -1.71. The summed E-state index contributed by atoms with van der Waals surface area (Å²) in [5, 5.41) is 0. The van der Waals surface area contributed by atoms with Crippen LogP contribution in [0.4, 0.5) is 0 Å². The summed E-state index contributed by atoms with van der Waals surface area (Å²) in [5.74, 6) is 2.15. The van der Waals surface area contributed by atoms with Crippen molar-refractivity contribution in [3.05, 3.63) is 23.3 Å². The zero-order valence-electron chi connectivity index (χ0n) is 5.56. The Kier molecular flexibility index (Phi) is 0.699. The molecule has 9 heavy (non-hydrogen) atoms. The van der Waals surface area contributed by atoms with Crippen molar-refractivity contribution in [3.8, 4) is 11.5 Å². The average Bonchev–Trinajstić information content (AvgIpc) is 2.58. The highest BCUT2D eigenvalue weighted by Gasteiger charge is 2.22. The fourth-order valence-corrected chi connectivity index (χ4v) is 0.960. The topological polar surface area (TPSA) is 12.5 Å². The molecule has 1 aromatic carbocycles. The number of rotatable bonds is 0. The summed E-state index contributed by atoms with van der Waals surface area (Å²) in [6, 6.07) is 4.10. The van der Waals surface area contributed by atoms with E-state index in [4.69, 9.17) is 4.74 Å². The van der Waals surface area contributed by atoms with Gasteiger partial charge in [-0.3, -0.25) is 0 Å². The van der Waals surface area contributed by atoms with Gasteiger partial charge in [-0.2, -0.15) is 0 Å². The van der Waals surface area contributed by atoms with Gasteiger partial charge in [0.25, 0.3) is 0 Å². The lowest BCUT2D eigenvalue weighted by molar-refractivity contribution is 0.646. The van der Waals surface area contributed by atoms with Crippen molar-refractivity contribution in [2.45, 2.75) is 13.8 Å². The van der Waals surface area contributed by atoms with E-state index < -0.39 is 0 Å². The van der Waals surface area contributed by atoms with E-state index >= 15 is 0 Å². The Balaban J connectivity index is 2.70. The fraction of sp³-hybridized carbons (Fsp3) is 0.250. The van der Waals surface area contributed by atoms with E-state index in [1.54, 1.807) is 0 Å². The molecule has 0 aliphatic carbocycles. The van der Waals surface area contributed by atoms with Crippen LogP contribution >= 0.6 is 0 Å². The molecule has 1 aliphatic rings. The van der Waals surface area contributed by atoms with Crippen LogP contribution in [0.25, 0.3) is 0 Å². The molecule has 1 heteroatoms. The van der Waals surface area contributed by atoms with Crippen molar-refractivity contribution < 1.29 is 4.74 Å². The molecular weight excluding hydrogens is 112 g/mol. The van der Waals surface area contributed by atoms with E-state index in [-0.39, 0.29) is 0 Å². The quantitative estimate of drug-likeness (QED) is 0.486. The van der Waals surface area contributed by atoms with Crippen molar-refractivity contribution in [2.75, 3.05) is 0 Å². The second-order valence-corrected chi connectivity index (χ2v) is 2.44. The van der Waals surface area contributed by atoms with E-state index in [0.717, 1.165) is 11.5 Å². The molecule has 0 saturated carbocycles.